The summed E-state index contributed by atoms with van der Waals surface area (Å²) in [5.74, 6) is 0. The summed E-state index contributed by atoms with van der Waals surface area (Å²) >= 11 is 0. The van der Waals surface area contributed by atoms with Crippen LogP contribution in [-0.4, -0.2) is 55.3 Å². The minimum absolute atomic E-state index is 0.345. The minimum Gasteiger partial charge on any atom is -0.369 e. The van der Waals surface area contributed by atoms with Crippen LogP contribution in [0.5, 0.6) is 0 Å². The van der Waals surface area contributed by atoms with E-state index >= 15 is 0 Å². The highest BCUT2D eigenvalue weighted by atomic mass is 16.5. The van der Waals surface area contributed by atoms with Gasteiger partial charge in [0.2, 0.25) is 0 Å². The van der Waals surface area contributed by atoms with Crippen LogP contribution in [0.25, 0.3) is 0 Å². The van der Waals surface area contributed by atoms with E-state index in [0.717, 1.165) is 26.2 Å². The van der Waals surface area contributed by atoms with Crippen molar-refractivity contribution in [1.29, 1.82) is 0 Å². The first-order valence-corrected chi connectivity index (χ1v) is 5.80. The van der Waals surface area contributed by atoms with Crippen molar-refractivity contribution in [1.82, 2.24) is 9.88 Å². The summed E-state index contributed by atoms with van der Waals surface area (Å²) in [6.45, 7) is 4.03. The molecule has 2 saturated heterocycles. The van der Waals surface area contributed by atoms with Crippen molar-refractivity contribution in [2.45, 2.75) is 12.2 Å². The number of nitrogens with zero attached hydrogens (tertiary/aromatic N) is 3. The van der Waals surface area contributed by atoms with E-state index in [0.29, 0.717) is 12.2 Å². The Morgan fingerprint density at radius 2 is 2.00 bits per heavy atom. The summed E-state index contributed by atoms with van der Waals surface area (Å²) in [5.41, 5.74) is 1.21. The Bertz CT molecular complexity index is 339. The van der Waals surface area contributed by atoms with E-state index in [2.05, 4.69) is 27.9 Å². The van der Waals surface area contributed by atoms with Crippen LogP contribution in [0, 0.1) is 0 Å². The number of pyridine rings is 1. The number of anilines is 1. The van der Waals surface area contributed by atoms with Crippen LogP contribution in [0.1, 0.15) is 0 Å². The summed E-state index contributed by atoms with van der Waals surface area (Å²) in [7, 11) is 2.17. The lowest BCUT2D eigenvalue weighted by atomic mass is 10.1. The van der Waals surface area contributed by atoms with Gasteiger partial charge in [0.15, 0.2) is 0 Å². The van der Waals surface area contributed by atoms with E-state index in [9.17, 15) is 0 Å². The molecule has 0 aromatic carbocycles. The highest BCUT2D eigenvalue weighted by Gasteiger charge is 2.33. The van der Waals surface area contributed by atoms with Gasteiger partial charge in [0.05, 0.1) is 24.1 Å². The fraction of sp³-hybridized carbons (Fsp3) is 0.583. The molecule has 4 nitrogen and oxygen atoms in total. The highest BCUT2D eigenvalue weighted by Crippen LogP contribution is 2.22. The van der Waals surface area contributed by atoms with Gasteiger partial charge in [0.1, 0.15) is 0 Å². The Kier molecular flexibility index (Phi) is 2.53. The molecule has 1 aromatic rings. The summed E-state index contributed by atoms with van der Waals surface area (Å²) in [4.78, 5) is 8.92. The molecule has 0 amide bonds. The van der Waals surface area contributed by atoms with Crippen molar-refractivity contribution < 1.29 is 4.74 Å². The van der Waals surface area contributed by atoms with Crippen LogP contribution in [-0.2, 0) is 4.74 Å². The van der Waals surface area contributed by atoms with Crippen molar-refractivity contribution in [2.24, 2.45) is 0 Å². The molecule has 0 aliphatic carbocycles. The molecular weight excluding hydrogens is 202 g/mol. The first-order chi connectivity index (χ1) is 7.81. The SMILES string of the molecule is CN1CC2CN(c3cccnc3)CC(C1)O2. The molecule has 0 saturated carbocycles. The maximum Gasteiger partial charge on any atom is 0.0881 e. The molecular formula is C12H17N3O. The zero-order valence-electron chi connectivity index (χ0n) is 9.54. The van der Waals surface area contributed by atoms with Gasteiger partial charge in [0, 0.05) is 32.4 Å². The van der Waals surface area contributed by atoms with E-state index in [1.165, 1.54) is 5.69 Å². The molecule has 2 atom stereocenters. The van der Waals surface area contributed by atoms with Gasteiger partial charge in [-0.2, -0.15) is 0 Å². The summed E-state index contributed by atoms with van der Waals surface area (Å²) < 4.78 is 5.94. The fourth-order valence-corrected chi connectivity index (χ4v) is 2.65. The van der Waals surface area contributed by atoms with Crippen LogP contribution in [0.15, 0.2) is 24.5 Å². The number of fused-ring (bicyclic) bond motifs is 2. The van der Waals surface area contributed by atoms with Crippen molar-refractivity contribution in [3.8, 4) is 0 Å². The molecule has 2 aliphatic rings. The Hall–Kier alpha value is -1.13. The normalized spacial score (nSPS) is 30.4. The second-order valence-corrected chi connectivity index (χ2v) is 4.72. The Balaban J connectivity index is 1.76. The number of hydrogen-bond donors (Lipinski definition) is 0. The second kappa shape index (κ2) is 4.03. The first kappa shape index (κ1) is 10.1. The summed E-state index contributed by atoms with van der Waals surface area (Å²) in [5, 5.41) is 0. The third kappa shape index (κ3) is 1.90. The zero-order chi connectivity index (χ0) is 11.0. The van der Waals surface area contributed by atoms with Gasteiger partial charge in [-0.05, 0) is 19.2 Å². The first-order valence-electron chi connectivity index (χ1n) is 5.80. The van der Waals surface area contributed by atoms with Crippen LogP contribution >= 0.6 is 0 Å². The van der Waals surface area contributed by atoms with E-state index in [1.54, 1.807) is 0 Å². The van der Waals surface area contributed by atoms with Crippen molar-refractivity contribution >= 4 is 5.69 Å². The van der Waals surface area contributed by atoms with Gasteiger partial charge in [-0.1, -0.05) is 0 Å². The van der Waals surface area contributed by atoms with Crippen LogP contribution < -0.4 is 4.90 Å². The highest BCUT2D eigenvalue weighted by molar-refractivity contribution is 5.44. The van der Waals surface area contributed by atoms with Gasteiger partial charge < -0.3 is 14.5 Å². The molecule has 4 heteroatoms. The van der Waals surface area contributed by atoms with E-state index in [-0.39, 0.29) is 0 Å². The number of likely N-dealkylation sites (N-methyl/N-ethyl adjacent to an activating group) is 1. The van der Waals surface area contributed by atoms with E-state index in [1.807, 2.05) is 18.5 Å². The summed E-state index contributed by atoms with van der Waals surface area (Å²) in [6, 6.07) is 4.12. The molecule has 3 heterocycles. The Labute approximate surface area is 95.8 Å². The van der Waals surface area contributed by atoms with Gasteiger partial charge in [-0.25, -0.2) is 0 Å². The molecule has 86 valence electrons. The third-order valence-electron chi connectivity index (χ3n) is 3.27. The number of hydrogen-bond acceptors (Lipinski definition) is 4. The van der Waals surface area contributed by atoms with Crippen LogP contribution in [0.3, 0.4) is 0 Å². The predicted molar refractivity (Wildman–Crippen MR) is 62.6 cm³/mol. The molecule has 0 N–H and O–H groups in total. The lowest BCUT2D eigenvalue weighted by Gasteiger charge is -2.45. The monoisotopic (exact) mass is 219 g/mol. The van der Waals surface area contributed by atoms with Crippen molar-refractivity contribution in [3.63, 3.8) is 0 Å². The molecule has 2 aliphatic heterocycles. The van der Waals surface area contributed by atoms with Gasteiger partial charge in [0.25, 0.3) is 0 Å². The van der Waals surface area contributed by atoms with Gasteiger partial charge in [-0.15, -0.1) is 0 Å². The molecule has 0 spiro atoms. The minimum atomic E-state index is 0.345. The van der Waals surface area contributed by atoms with E-state index in [4.69, 9.17) is 4.74 Å². The van der Waals surface area contributed by atoms with Crippen LogP contribution in [0.2, 0.25) is 0 Å². The maximum atomic E-state index is 5.94. The average molecular weight is 219 g/mol. The van der Waals surface area contributed by atoms with Crippen LogP contribution in [0.4, 0.5) is 5.69 Å². The molecule has 2 fully saturated rings. The maximum absolute atomic E-state index is 5.94. The predicted octanol–water partition coefficient (Wildman–Crippen LogP) is 0.601. The number of aromatic nitrogens is 1. The smallest absolute Gasteiger partial charge is 0.0881 e. The number of ether oxygens (including phenoxy) is 1. The summed E-state index contributed by atoms with van der Waals surface area (Å²) in [6.07, 6.45) is 4.44. The van der Waals surface area contributed by atoms with Crippen molar-refractivity contribution in [2.75, 3.05) is 38.1 Å². The molecule has 2 unspecified atom stereocenters. The largest absolute Gasteiger partial charge is 0.369 e. The van der Waals surface area contributed by atoms with Gasteiger partial charge in [-0.3, -0.25) is 4.98 Å². The quantitative estimate of drug-likeness (QED) is 0.691. The van der Waals surface area contributed by atoms with Gasteiger partial charge >= 0.3 is 0 Å². The lowest BCUT2D eigenvalue weighted by molar-refractivity contribution is -0.0875. The number of rotatable bonds is 1. The molecule has 3 rings (SSSR count). The zero-order valence-corrected chi connectivity index (χ0v) is 9.54. The van der Waals surface area contributed by atoms with E-state index < -0.39 is 0 Å². The number of morpholine rings is 2. The molecule has 0 radical (unpaired) electrons. The molecule has 16 heavy (non-hydrogen) atoms. The third-order valence-corrected chi connectivity index (χ3v) is 3.27. The molecule has 2 bridgehead atoms. The average Bonchev–Trinajstić information content (AvgIpc) is 2.28. The fourth-order valence-electron chi connectivity index (χ4n) is 2.65. The topological polar surface area (TPSA) is 28.6 Å². The standard InChI is InChI=1S/C12H17N3O/c1-14-6-11-8-15(9-12(7-14)16-11)10-3-2-4-13-5-10/h2-5,11-12H,6-9H2,1H3. The Morgan fingerprint density at radius 1 is 1.25 bits per heavy atom. The molecule has 1 aromatic heterocycles. The lowest BCUT2D eigenvalue weighted by Crippen LogP contribution is -2.58. The van der Waals surface area contributed by atoms with Crippen molar-refractivity contribution in [3.05, 3.63) is 24.5 Å². The Morgan fingerprint density at radius 3 is 2.62 bits per heavy atom. The second-order valence-electron chi connectivity index (χ2n) is 4.72.